The first-order valence-electron chi connectivity index (χ1n) is 4.58. The maximum absolute atomic E-state index is 13.0. The standard InChI is InChI=1S/C9H7FN4O3/c1-4-6(14(16)17)2-5(11-3-15)8-7(4)12-9(10)13-8/h2-3H,1H3,(H,11,15)(H,12,13). The zero-order chi connectivity index (χ0) is 12.6. The van der Waals surface area contributed by atoms with Gasteiger partial charge in [0.25, 0.3) is 11.8 Å². The molecule has 0 radical (unpaired) electrons. The first-order valence-corrected chi connectivity index (χ1v) is 4.58. The lowest BCUT2D eigenvalue weighted by molar-refractivity contribution is -0.385. The van der Waals surface area contributed by atoms with E-state index in [0.717, 1.165) is 6.07 Å². The van der Waals surface area contributed by atoms with Crippen LogP contribution in [0.2, 0.25) is 0 Å². The minimum atomic E-state index is -0.863. The molecule has 88 valence electrons. The number of anilines is 1. The minimum Gasteiger partial charge on any atom is -0.327 e. The van der Waals surface area contributed by atoms with Gasteiger partial charge in [-0.15, -0.1) is 0 Å². The summed E-state index contributed by atoms with van der Waals surface area (Å²) in [7, 11) is 0. The minimum absolute atomic E-state index is 0.115. The van der Waals surface area contributed by atoms with Crippen molar-refractivity contribution in [2.75, 3.05) is 5.32 Å². The normalized spacial score (nSPS) is 10.5. The molecule has 0 saturated heterocycles. The van der Waals surface area contributed by atoms with Gasteiger partial charge in [0.15, 0.2) is 0 Å². The number of nitro groups is 1. The van der Waals surface area contributed by atoms with Crippen LogP contribution in [0.4, 0.5) is 15.8 Å². The fourth-order valence-electron chi connectivity index (χ4n) is 1.62. The predicted molar refractivity (Wildman–Crippen MR) is 57.1 cm³/mol. The summed E-state index contributed by atoms with van der Waals surface area (Å²) in [6, 6.07) is 1.16. The summed E-state index contributed by atoms with van der Waals surface area (Å²) in [5, 5.41) is 13.0. The highest BCUT2D eigenvalue weighted by Crippen LogP contribution is 2.31. The number of hydrogen-bond acceptors (Lipinski definition) is 4. The number of rotatable bonds is 3. The number of aromatic amines is 1. The lowest BCUT2D eigenvalue weighted by Gasteiger charge is -2.03. The van der Waals surface area contributed by atoms with E-state index >= 15 is 0 Å². The van der Waals surface area contributed by atoms with Crippen LogP contribution in [0.3, 0.4) is 0 Å². The third-order valence-corrected chi connectivity index (χ3v) is 2.38. The highest BCUT2D eigenvalue weighted by Gasteiger charge is 2.20. The van der Waals surface area contributed by atoms with Crippen LogP contribution >= 0.6 is 0 Å². The Bertz CT molecular complexity index is 622. The molecule has 0 atom stereocenters. The van der Waals surface area contributed by atoms with Crippen LogP contribution in [0.25, 0.3) is 11.0 Å². The maximum atomic E-state index is 13.0. The SMILES string of the molecule is Cc1c([N+](=O)[O-])cc(NC=O)c2[nH]c(F)nc12. The smallest absolute Gasteiger partial charge is 0.287 e. The van der Waals surface area contributed by atoms with Gasteiger partial charge in [-0.2, -0.15) is 4.39 Å². The number of nitrogens with one attached hydrogen (secondary N) is 2. The molecule has 0 spiro atoms. The van der Waals surface area contributed by atoms with Gasteiger partial charge in [-0.3, -0.25) is 14.9 Å². The van der Waals surface area contributed by atoms with Crippen molar-refractivity contribution in [2.24, 2.45) is 0 Å². The molecule has 0 aliphatic rings. The number of carbonyl (C=O) groups excluding carboxylic acids is 1. The molecule has 8 heteroatoms. The van der Waals surface area contributed by atoms with Gasteiger partial charge in [-0.05, 0) is 6.92 Å². The summed E-state index contributed by atoms with van der Waals surface area (Å²) in [5.41, 5.74) is 0.470. The number of aromatic nitrogens is 2. The van der Waals surface area contributed by atoms with Crippen molar-refractivity contribution in [3.05, 3.63) is 27.8 Å². The average molecular weight is 238 g/mol. The molecule has 0 aliphatic carbocycles. The number of amides is 1. The van der Waals surface area contributed by atoms with E-state index in [4.69, 9.17) is 0 Å². The van der Waals surface area contributed by atoms with Gasteiger partial charge in [-0.25, -0.2) is 4.98 Å². The Hall–Kier alpha value is -2.51. The number of halogens is 1. The second-order valence-electron chi connectivity index (χ2n) is 3.34. The summed E-state index contributed by atoms with van der Waals surface area (Å²) in [6.07, 6.45) is -0.510. The number of benzene rings is 1. The summed E-state index contributed by atoms with van der Waals surface area (Å²) in [6.45, 7) is 1.46. The number of hydrogen-bond donors (Lipinski definition) is 2. The first kappa shape index (κ1) is 11.0. The number of nitrogens with zero attached hydrogens (tertiary/aromatic N) is 2. The zero-order valence-electron chi connectivity index (χ0n) is 8.65. The van der Waals surface area contributed by atoms with Gasteiger partial charge in [0.1, 0.15) is 5.52 Å². The lowest BCUT2D eigenvalue weighted by atomic mass is 10.1. The predicted octanol–water partition coefficient (Wildman–Crippen LogP) is 1.49. The lowest BCUT2D eigenvalue weighted by Crippen LogP contribution is -1.99. The monoisotopic (exact) mass is 238 g/mol. The van der Waals surface area contributed by atoms with Crippen molar-refractivity contribution in [3.63, 3.8) is 0 Å². The van der Waals surface area contributed by atoms with Gasteiger partial charge in [0.2, 0.25) is 6.41 Å². The third-order valence-electron chi connectivity index (χ3n) is 2.38. The molecule has 0 bridgehead atoms. The van der Waals surface area contributed by atoms with E-state index in [1.165, 1.54) is 6.92 Å². The molecule has 2 N–H and O–H groups in total. The number of imidazole rings is 1. The molecule has 0 unspecified atom stereocenters. The number of fused-ring (bicyclic) bond motifs is 1. The Balaban J connectivity index is 2.83. The van der Waals surface area contributed by atoms with Gasteiger partial charge < -0.3 is 10.3 Å². The largest absolute Gasteiger partial charge is 0.327 e. The third kappa shape index (κ3) is 1.69. The van der Waals surface area contributed by atoms with E-state index < -0.39 is 11.0 Å². The second-order valence-corrected chi connectivity index (χ2v) is 3.34. The fourth-order valence-corrected chi connectivity index (χ4v) is 1.62. The highest BCUT2D eigenvalue weighted by molar-refractivity contribution is 5.96. The molecular formula is C9H7FN4O3. The molecule has 1 aromatic heterocycles. The highest BCUT2D eigenvalue weighted by atomic mass is 19.1. The molecule has 2 rings (SSSR count). The molecule has 2 aromatic rings. The van der Waals surface area contributed by atoms with Crippen molar-refractivity contribution in [2.45, 2.75) is 6.92 Å². The van der Waals surface area contributed by atoms with E-state index in [9.17, 15) is 19.3 Å². The van der Waals surface area contributed by atoms with Crippen molar-refractivity contribution >= 4 is 28.8 Å². The van der Waals surface area contributed by atoms with Gasteiger partial charge in [-0.1, -0.05) is 0 Å². The van der Waals surface area contributed by atoms with Gasteiger partial charge >= 0.3 is 0 Å². The van der Waals surface area contributed by atoms with Gasteiger partial charge in [0.05, 0.1) is 21.7 Å². The van der Waals surface area contributed by atoms with Crippen LogP contribution in [-0.2, 0) is 4.79 Å². The number of nitro benzene ring substituents is 1. The molecular weight excluding hydrogens is 231 g/mol. The Kier molecular flexibility index (Phi) is 2.47. The molecule has 1 heterocycles. The van der Waals surface area contributed by atoms with E-state index in [2.05, 4.69) is 15.3 Å². The Morgan fingerprint density at radius 2 is 2.35 bits per heavy atom. The van der Waals surface area contributed by atoms with Crippen molar-refractivity contribution in [1.29, 1.82) is 0 Å². The summed E-state index contributed by atoms with van der Waals surface area (Å²) in [5.74, 6) is 0. The Morgan fingerprint density at radius 1 is 1.65 bits per heavy atom. The van der Waals surface area contributed by atoms with Crippen LogP contribution in [0.1, 0.15) is 5.56 Å². The fraction of sp³-hybridized carbons (Fsp3) is 0.111. The van der Waals surface area contributed by atoms with Gasteiger partial charge in [0, 0.05) is 6.07 Å². The molecule has 17 heavy (non-hydrogen) atoms. The summed E-state index contributed by atoms with van der Waals surface area (Å²) >= 11 is 0. The van der Waals surface area contributed by atoms with E-state index in [1.807, 2.05) is 0 Å². The van der Waals surface area contributed by atoms with E-state index in [0.29, 0.717) is 6.41 Å². The van der Waals surface area contributed by atoms with E-state index in [1.54, 1.807) is 0 Å². The van der Waals surface area contributed by atoms with Crippen LogP contribution in [-0.4, -0.2) is 21.3 Å². The van der Waals surface area contributed by atoms with Crippen LogP contribution in [0.5, 0.6) is 0 Å². The number of H-pyrrole nitrogens is 1. The summed E-state index contributed by atoms with van der Waals surface area (Å²) < 4.78 is 13.0. The van der Waals surface area contributed by atoms with Crippen LogP contribution in [0.15, 0.2) is 6.07 Å². The molecule has 0 aliphatic heterocycles. The van der Waals surface area contributed by atoms with Crippen LogP contribution < -0.4 is 5.32 Å². The number of aryl methyl sites for hydroxylation is 1. The molecule has 0 saturated carbocycles. The molecule has 1 aromatic carbocycles. The molecule has 7 nitrogen and oxygen atoms in total. The molecule has 0 fully saturated rings. The van der Waals surface area contributed by atoms with Crippen molar-refractivity contribution in [3.8, 4) is 0 Å². The molecule has 1 amide bonds. The second kappa shape index (κ2) is 3.81. The van der Waals surface area contributed by atoms with Crippen molar-refractivity contribution in [1.82, 2.24) is 9.97 Å². The zero-order valence-corrected chi connectivity index (χ0v) is 8.65. The number of carbonyl (C=O) groups is 1. The van der Waals surface area contributed by atoms with E-state index in [-0.39, 0.29) is 28.0 Å². The van der Waals surface area contributed by atoms with Crippen LogP contribution in [0, 0.1) is 23.1 Å². The summed E-state index contributed by atoms with van der Waals surface area (Å²) in [4.78, 5) is 26.4. The topological polar surface area (TPSA) is 101 Å². The first-order chi connectivity index (χ1) is 8.04. The Morgan fingerprint density at radius 3 is 2.94 bits per heavy atom. The quantitative estimate of drug-likeness (QED) is 0.480. The Labute approximate surface area is 93.8 Å². The maximum Gasteiger partial charge on any atom is 0.287 e. The average Bonchev–Trinajstić information content (AvgIpc) is 2.64. The van der Waals surface area contributed by atoms with Crippen molar-refractivity contribution < 1.29 is 14.1 Å².